The number of hydrogen-bond acceptors (Lipinski definition) is 2. The molecule has 0 atom stereocenters. The summed E-state index contributed by atoms with van der Waals surface area (Å²) in [4.78, 5) is 9.40. The Balaban J connectivity index is 0.00000261. The first kappa shape index (κ1) is 21.2. The predicted molar refractivity (Wildman–Crippen MR) is 123 cm³/mol. The Kier molecular flexibility index (Phi) is 8.09. The number of fused-ring (bicyclic) bond motifs is 1. The van der Waals surface area contributed by atoms with E-state index in [9.17, 15) is 0 Å². The smallest absolute Gasteiger partial charge is 0.191 e. The Bertz CT molecular complexity index is 900. The molecule has 0 aliphatic heterocycles. The largest absolute Gasteiger partial charge is 0.357 e. The number of imidazole rings is 1. The topological polar surface area (TPSA) is 53.7 Å². The van der Waals surface area contributed by atoms with Crippen molar-refractivity contribution in [3.8, 4) is 0 Å². The highest BCUT2D eigenvalue weighted by Gasteiger charge is 2.04. The quantitative estimate of drug-likeness (QED) is 0.322. The standard InChI is InChI=1S/C21H27N5.HI/c1-4-22-21(24-14-18-9-5-7-16(2)13-18)23-11-10-19-15-26-12-6-8-17(3)20(26)25-19;/h5-9,12-13,15H,4,10-11,14H2,1-3H3,(H2,22,23,24);1H. The minimum Gasteiger partial charge on any atom is -0.357 e. The second-order valence-electron chi connectivity index (χ2n) is 6.52. The summed E-state index contributed by atoms with van der Waals surface area (Å²) >= 11 is 0. The van der Waals surface area contributed by atoms with E-state index in [-0.39, 0.29) is 24.0 Å². The lowest BCUT2D eigenvalue weighted by Gasteiger charge is -2.10. The minimum absolute atomic E-state index is 0. The highest BCUT2D eigenvalue weighted by atomic mass is 127. The molecule has 5 nitrogen and oxygen atoms in total. The molecule has 1 aromatic carbocycles. The van der Waals surface area contributed by atoms with Gasteiger partial charge in [0.25, 0.3) is 0 Å². The van der Waals surface area contributed by atoms with E-state index in [1.165, 1.54) is 16.7 Å². The molecule has 0 saturated heterocycles. The van der Waals surface area contributed by atoms with Crippen LogP contribution in [-0.2, 0) is 13.0 Å². The van der Waals surface area contributed by atoms with Gasteiger partial charge in [0.1, 0.15) is 5.65 Å². The Morgan fingerprint density at radius 1 is 1.15 bits per heavy atom. The summed E-state index contributed by atoms with van der Waals surface area (Å²) in [5.41, 5.74) is 5.79. The molecule has 0 aliphatic rings. The molecule has 0 radical (unpaired) electrons. The van der Waals surface area contributed by atoms with E-state index in [0.717, 1.165) is 36.8 Å². The van der Waals surface area contributed by atoms with Crippen molar-refractivity contribution in [1.29, 1.82) is 0 Å². The van der Waals surface area contributed by atoms with Crippen LogP contribution in [-0.4, -0.2) is 28.4 Å². The van der Waals surface area contributed by atoms with E-state index < -0.39 is 0 Å². The zero-order valence-corrected chi connectivity index (χ0v) is 18.5. The van der Waals surface area contributed by atoms with Crippen LogP contribution in [0.5, 0.6) is 0 Å². The maximum absolute atomic E-state index is 4.72. The van der Waals surface area contributed by atoms with Gasteiger partial charge >= 0.3 is 0 Å². The second kappa shape index (κ2) is 10.3. The molecule has 3 rings (SSSR count). The Morgan fingerprint density at radius 3 is 2.74 bits per heavy atom. The van der Waals surface area contributed by atoms with Crippen LogP contribution in [0.1, 0.15) is 29.3 Å². The van der Waals surface area contributed by atoms with Gasteiger partial charge in [0.15, 0.2) is 5.96 Å². The first-order valence-electron chi connectivity index (χ1n) is 9.16. The molecule has 6 heteroatoms. The van der Waals surface area contributed by atoms with Gasteiger partial charge in [-0.15, -0.1) is 24.0 Å². The molecule has 2 heterocycles. The Labute approximate surface area is 178 Å². The van der Waals surface area contributed by atoms with Gasteiger partial charge in [0.2, 0.25) is 0 Å². The van der Waals surface area contributed by atoms with Gasteiger partial charge in [0.05, 0.1) is 12.2 Å². The van der Waals surface area contributed by atoms with Crippen molar-refractivity contribution in [3.05, 3.63) is 71.2 Å². The predicted octanol–water partition coefficient (Wildman–Crippen LogP) is 3.87. The zero-order chi connectivity index (χ0) is 18.4. The van der Waals surface area contributed by atoms with Crippen LogP contribution in [0.3, 0.4) is 0 Å². The number of benzene rings is 1. The molecule has 2 N–H and O–H groups in total. The lowest BCUT2D eigenvalue weighted by atomic mass is 10.1. The summed E-state index contributed by atoms with van der Waals surface area (Å²) in [5.74, 6) is 0.842. The van der Waals surface area contributed by atoms with Gasteiger partial charge in [0, 0.05) is 31.9 Å². The summed E-state index contributed by atoms with van der Waals surface area (Å²) in [6, 6.07) is 12.6. The van der Waals surface area contributed by atoms with Gasteiger partial charge in [-0.05, 0) is 38.0 Å². The molecule has 3 aromatic rings. The Morgan fingerprint density at radius 2 is 2.00 bits per heavy atom. The van der Waals surface area contributed by atoms with Gasteiger partial charge in [-0.1, -0.05) is 35.9 Å². The molecule has 144 valence electrons. The third kappa shape index (κ3) is 5.95. The summed E-state index contributed by atoms with van der Waals surface area (Å²) in [6.07, 6.45) is 5.00. The third-order valence-corrected chi connectivity index (χ3v) is 4.25. The number of nitrogens with zero attached hydrogens (tertiary/aromatic N) is 3. The van der Waals surface area contributed by atoms with Gasteiger partial charge in [-0.3, -0.25) is 0 Å². The molecule has 0 bridgehead atoms. The fourth-order valence-electron chi connectivity index (χ4n) is 2.96. The number of guanidine groups is 1. The number of aliphatic imine (C=N–C) groups is 1. The summed E-state index contributed by atoms with van der Waals surface area (Å²) < 4.78 is 2.09. The molecular weight excluding hydrogens is 449 g/mol. The van der Waals surface area contributed by atoms with Crippen molar-refractivity contribution in [2.45, 2.75) is 33.7 Å². The molecule has 0 saturated carbocycles. The van der Waals surface area contributed by atoms with Crippen LogP contribution < -0.4 is 10.6 Å². The van der Waals surface area contributed by atoms with E-state index in [1.54, 1.807) is 0 Å². The highest BCUT2D eigenvalue weighted by Crippen LogP contribution is 2.10. The van der Waals surface area contributed by atoms with E-state index in [2.05, 4.69) is 77.3 Å². The van der Waals surface area contributed by atoms with Crippen LogP contribution in [0, 0.1) is 13.8 Å². The van der Waals surface area contributed by atoms with E-state index >= 15 is 0 Å². The number of aromatic nitrogens is 2. The minimum atomic E-state index is 0. The molecule has 0 fully saturated rings. The number of hydrogen-bond donors (Lipinski definition) is 2. The molecule has 2 aromatic heterocycles. The van der Waals surface area contributed by atoms with E-state index in [0.29, 0.717) is 6.54 Å². The number of aryl methyl sites for hydroxylation is 2. The third-order valence-electron chi connectivity index (χ3n) is 4.25. The first-order chi connectivity index (χ1) is 12.7. The fraction of sp³-hybridized carbons (Fsp3) is 0.333. The van der Waals surface area contributed by atoms with E-state index in [1.807, 2.05) is 12.3 Å². The molecule has 0 aliphatic carbocycles. The van der Waals surface area contributed by atoms with Gasteiger partial charge < -0.3 is 15.0 Å². The normalized spacial score (nSPS) is 11.3. The van der Waals surface area contributed by atoms with Crippen molar-refractivity contribution in [1.82, 2.24) is 20.0 Å². The maximum Gasteiger partial charge on any atom is 0.191 e. The number of pyridine rings is 1. The lowest BCUT2D eigenvalue weighted by molar-refractivity contribution is 0.791. The summed E-state index contributed by atoms with van der Waals surface area (Å²) in [5, 5.41) is 6.71. The Hall–Kier alpha value is -2.09. The number of rotatable bonds is 6. The highest BCUT2D eigenvalue weighted by molar-refractivity contribution is 14.0. The lowest BCUT2D eigenvalue weighted by Crippen LogP contribution is -2.38. The van der Waals surface area contributed by atoms with Crippen molar-refractivity contribution in [2.75, 3.05) is 13.1 Å². The molecule has 0 unspecified atom stereocenters. The molecular formula is C21H28IN5. The van der Waals surface area contributed by atoms with Gasteiger partial charge in [-0.25, -0.2) is 9.98 Å². The van der Waals surface area contributed by atoms with Crippen LogP contribution in [0.4, 0.5) is 0 Å². The summed E-state index contributed by atoms with van der Waals surface area (Å²) in [7, 11) is 0. The van der Waals surface area contributed by atoms with Gasteiger partial charge in [-0.2, -0.15) is 0 Å². The molecule has 0 amide bonds. The number of nitrogens with one attached hydrogen (secondary N) is 2. The second-order valence-corrected chi connectivity index (χ2v) is 6.52. The van der Waals surface area contributed by atoms with Crippen molar-refractivity contribution in [3.63, 3.8) is 0 Å². The monoisotopic (exact) mass is 477 g/mol. The fourth-order valence-corrected chi connectivity index (χ4v) is 2.96. The van der Waals surface area contributed by atoms with Crippen molar-refractivity contribution in [2.24, 2.45) is 4.99 Å². The van der Waals surface area contributed by atoms with Crippen LogP contribution in [0.2, 0.25) is 0 Å². The SMILES string of the molecule is CCNC(=NCc1cccc(C)c1)NCCc1cn2cccc(C)c2n1.I. The summed E-state index contributed by atoms with van der Waals surface area (Å²) in [6.45, 7) is 8.58. The van der Waals surface area contributed by atoms with Crippen molar-refractivity contribution < 1.29 is 0 Å². The zero-order valence-electron chi connectivity index (χ0n) is 16.2. The van der Waals surface area contributed by atoms with Crippen LogP contribution in [0.25, 0.3) is 5.65 Å². The van der Waals surface area contributed by atoms with Crippen molar-refractivity contribution >= 4 is 35.6 Å². The average molecular weight is 477 g/mol. The van der Waals surface area contributed by atoms with Crippen LogP contribution in [0.15, 0.2) is 53.8 Å². The average Bonchev–Trinajstić information content (AvgIpc) is 3.04. The number of halogens is 1. The van der Waals surface area contributed by atoms with E-state index in [4.69, 9.17) is 4.98 Å². The van der Waals surface area contributed by atoms with Crippen LogP contribution >= 0.6 is 24.0 Å². The molecule has 27 heavy (non-hydrogen) atoms. The maximum atomic E-state index is 4.72. The molecule has 0 spiro atoms. The first-order valence-corrected chi connectivity index (χ1v) is 9.16.